The van der Waals surface area contributed by atoms with Crippen molar-refractivity contribution in [2.75, 3.05) is 33.7 Å². The van der Waals surface area contributed by atoms with E-state index in [1.807, 2.05) is 0 Å². The van der Waals surface area contributed by atoms with Gasteiger partial charge in [0.05, 0.1) is 0 Å². The van der Waals surface area contributed by atoms with E-state index in [1.165, 1.54) is 31.2 Å². The Morgan fingerprint density at radius 3 is 2.67 bits per heavy atom. The van der Waals surface area contributed by atoms with Crippen LogP contribution in [0.2, 0.25) is 0 Å². The van der Waals surface area contributed by atoms with E-state index in [2.05, 4.69) is 40.5 Å². The van der Waals surface area contributed by atoms with Crippen molar-refractivity contribution in [1.82, 2.24) is 15.1 Å². The molecule has 0 radical (unpaired) electrons. The van der Waals surface area contributed by atoms with Crippen LogP contribution >= 0.6 is 0 Å². The number of nitrogens with zero attached hydrogens (tertiary/aromatic N) is 3. The molecule has 1 aliphatic heterocycles. The molecular formula is C22H32N4O. The number of hydrogen-bond donors (Lipinski definition) is 1. The van der Waals surface area contributed by atoms with Gasteiger partial charge in [0, 0.05) is 39.1 Å². The van der Waals surface area contributed by atoms with Crippen LogP contribution in [0.25, 0.3) is 0 Å². The SMILES string of the molecule is CN(C)C(=O)CN=C(NC1CC2CCC1C2)N1CCC(c2ccccc2)C1. The number of amides is 1. The normalized spacial score (nSPS) is 30.0. The molecule has 3 aliphatic rings. The van der Waals surface area contributed by atoms with Gasteiger partial charge in [-0.3, -0.25) is 4.79 Å². The third kappa shape index (κ3) is 4.12. The highest BCUT2D eigenvalue weighted by Crippen LogP contribution is 2.44. The Balaban J connectivity index is 1.46. The number of fused-ring (bicyclic) bond motifs is 2. The smallest absolute Gasteiger partial charge is 0.243 e. The van der Waals surface area contributed by atoms with E-state index in [4.69, 9.17) is 4.99 Å². The van der Waals surface area contributed by atoms with Gasteiger partial charge in [-0.2, -0.15) is 0 Å². The second-order valence-corrected chi connectivity index (χ2v) is 8.70. The van der Waals surface area contributed by atoms with Gasteiger partial charge in [-0.05, 0) is 43.1 Å². The summed E-state index contributed by atoms with van der Waals surface area (Å²) in [6.07, 6.45) is 6.52. The lowest BCUT2D eigenvalue weighted by Crippen LogP contribution is -2.47. The quantitative estimate of drug-likeness (QED) is 0.657. The Hall–Kier alpha value is -2.04. The second kappa shape index (κ2) is 7.91. The molecule has 2 bridgehead atoms. The number of carbonyl (C=O) groups is 1. The zero-order chi connectivity index (χ0) is 18.8. The molecule has 1 aromatic rings. The molecule has 2 saturated carbocycles. The van der Waals surface area contributed by atoms with Crippen LogP contribution in [0.1, 0.15) is 43.6 Å². The fraction of sp³-hybridized carbons (Fsp3) is 0.636. The lowest BCUT2D eigenvalue weighted by molar-refractivity contribution is -0.127. The van der Waals surface area contributed by atoms with Gasteiger partial charge in [-0.1, -0.05) is 36.8 Å². The monoisotopic (exact) mass is 368 g/mol. The van der Waals surface area contributed by atoms with Crippen molar-refractivity contribution in [2.24, 2.45) is 16.8 Å². The summed E-state index contributed by atoms with van der Waals surface area (Å²) in [4.78, 5) is 20.8. The highest BCUT2D eigenvalue weighted by molar-refractivity contribution is 5.85. The average molecular weight is 369 g/mol. The molecule has 4 atom stereocenters. The third-order valence-electron chi connectivity index (χ3n) is 6.67. The maximum absolute atomic E-state index is 12.1. The molecule has 0 spiro atoms. The van der Waals surface area contributed by atoms with Gasteiger partial charge >= 0.3 is 0 Å². The van der Waals surface area contributed by atoms with Crippen molar-refractivity contribution in [3.63, 3.8) is 0 Å². The van der Waals surface area contributed by atoms with Gasteiger partial charge in [0.2, 0.25) is 5.91 Å². The molecule has 1 heterocycles. The fourth-order valence-corrected chi connectivity index (χ4v) is 5.06. The van der Waals surface area contributed by atoms with Crippen LogP contribution in [0.5, 0.6) is 0 Å². The molecule has 1 aromatic carbocycles. The van der Waals surface area contributed by atoms with Crippen molar-refractivity contribution in [1.29, 1.82) is 0 Å². The van der Waals surface area contributed by atoms with E-state index in [0.717, 1.165) is 37.3 Å². The molecule has 3 fully saturated rings. The van der Waals surface area contributed by atoms with Crippen LogP contribution in [-0.2, 0) is 4.79 Å². The fourth-order valence-electron chi connectivity index (χ4n) is 5.06. The van der Waals surface area contributed by atoms with Crippen LogP contribution in [0.3, 0.4) is 0 Å². The van der Waals surface area contributed by atoms with Crippen molar-refractivity contribution in [2.45, 2.75) is 44.1 Å². The summed E-state index contributed by atoms with van der Waals surface area (Å²) >= 11 is 0. The minimum absolute atomic E-state index is 0.0565. The summed E-state index contributed by atoms with van der Waals surface area (Å²) in [6.45, 7) is 2.21. The van der Waals surface area contributed by atoms with Crippen LogP contribution in [0, 0.1) is 11.8 Å². The summed E-state index contributed by atoms with van der Waals surface area (Å²) < 4.78 is 0. The standard InChI is InChI=1S/C22H32N4O/c1-25(2)21(27)14-23-22(24-20-13-16-8-9-18(20)12-16)26-11-10-19(15-26)17-6-4-3-5-7-17/h3-7,16,18-20H,8-15H2,1-2H3,(H,23,24). The Kier molecular flexibility index (Phi) is 5.37. The maximum atomic E-state index is 12.1. The predicted molar refractivity (Wildman–Crippen MR) is 109 cm³/mol. The van der Waals surface area contributed by atoms with Gasteiger partial charge in [-0.25, -0.2) is 4.99 Å². The number of rotatable bonds is 4. The van der Waals surface area contributed by atoms with Crippen molar-refractivity contribution < 1.29 is 4.79 Å². The van der Waals surface area contributed by atoms with E-state index >= 15 is 0 Å². The average Bonchev–Trinajstić information content (AvgIpc) is 3.42. The van der Waals surface area contributed by atoms with Gasteiger partial charge < -0.3 is 15.1 Å². The molecule has 27 heavy (non-hydrogen) atoms. The van der Waals surface area contributed by atoms with Crippen LogP contribution in [0.4, 0.5) is 0 Å². The minimum Gasteiger partial charge on any atom is -0.353 e. The summed E-state index contributed by atoms with van der Waals surface area (Å²) in [6, 6.07) is 11.3. The van der Waals surface area contributed by atoms with E-state index in [0.29, 0.717) is 12.0 Å². The van der Waals surface area contributed by atoms with E-state index in [-0.39, 0.29) is 12.5 Å². The number of guanidine groups is 1. The van der Waals surface area contributed by atoms with Gasteiger partial charge in [0.1, 0.15) is 6.54 Å². The Morgan fingerprint density at radius 2 is 2.00 bits per heavy atom. The second-order valence-electron chi connectivity index (χ2n) is 8.70. The van der Waals surface area contributed by atoms with Crippen molar-refractivity contribution in [3.05, 3.63) is 35.9 Å². The van der Waals surface area contributed by atoms with E-state index in [9.17, 15) is 4.79 Å². The molecule has 4 unspecified atom stereocenters. The molecule has 5 nitrogen and oxygen atoms in total. The number of nitrogens with one attached hydrogen (secondary N) is 1. The van der Waals surface area contributed by atoms with E-state index < -0.39 is 0 Å². The topological polar surface area (TPSA) is 47.9 Å². The van der Waals surface area contributed by atoms with Crippen LogP contribution in [-0.4, -0.2) is 61.4 Å². The minimum atomic E-state index is 0.0565. The molecule has 2 aliphatic carbocycles. The lowest BCUT2D eigenvalue weighted by atomic mass is 9.95. The largest absolute Gasteiger partial charge is 0.353 e. The predicted octanol–water partition coefficient (Wildman–Crippen LogP) is 2.70. The number of likely N-dealkylation sites (tertiary alicyclic amines) is 1. The highest BCUT2D eigenvalue weighted by Gasteiger charge is 2.40. The van der Waals surface area contributed by atoms with Crippen LogP contribution < -0.4 is 5.32 Å². The molecule has 0 aromatic heterocycles. The first kappa shape index (κ1) is 18.3. The first-order chi connectivity index (χ1) is 13.1. The van der Waals surface area contributed by atoms with Gasteiger partial charge in [0.15, 0.2) is 5.96 Å². The summed E-state index contributed by atoms with van der Waals surface area (Å²) in [5.41, 5.74) is 1.41. The molecule has 146 valence electrons. The lowest BCUT2D eigenvalue weighted by Gasteiger charge is -2.29. The molecule has 1 saturated heterocycles. The summed E-state index contributed by atoms with van der Waals surface area (Å²) in [5, 5.41) is 3.76. The molecular weight excluding hydrogens is 336 g/mol. The van der Waals surface area contributed by atoms with Gasteiger partial charge in [0.25, 0.3) is 0 Å². The number of carbonyl (C=O) groups excluding carboxylic acids is 1. The summed E-state index contributed by atoms with van der Waals surface area (Å²) in [7, 11) is 3.59. The highest BCUT2D eigenvalue weighted by atomic mass is 16.2. The first-order valence-corrected chi connectivity index (χ1v) is 10.4. The zero-order valence-corrected chi connectivity index (χ0v) is 16.6. The molecule has 1 N–H and O–H groups in total. The van der Waals surface area contributed by atoms with Crippen LogP contribution in [0.15, 0.2) is 35.3 Å². The first-order valence-electron chi connectivity index (χ1n) is 10.4. The van der Waals surface area contributed by atoms with Crippen molar-refractivity contribution in [3.8, 4) is 0 Å². The van der Waals surface area contributed by atoms with E-state index in [1.54, 1.807) is 19.0 Å². The summed E-state index contributed by atoms with van der Waals surface area (Å²) in [5.74, 6) is 3.23. The Bertz CT molecular complexity index is 687. The number of benzene rings is 1. The maximum Gasteiger partial charge on any atom is 0.243 e. The molecule has 4 rings (SSSR count). The number of likely N-dealkylation sites (N-methyl/N-ethyl adjacent to an activating group) is 1. The zero-order valence-electron chi connectivity index (χ0n) is 16.6. The number of hydrogen-bond acceptors (Lipinski definition) is 2. The van der Waals surface area contributed by atoms with Gasteiger partial charge in [-0.15, -0.1) is 0 Å². The third-order valence-corrected chi connectivity index (χ3v) is 6.67. The molecule has 1 amide bonds. The Labute approximate surface area is 162 Å². The number of aliphatic imine (C=N–C) groups is 1. The van der Waals surface area contributed by atoms with Crippen molar-refractivity contribution >= 4 is 11.9 Å². The Morgan fingerprint density at radius 1 is 1.19 bits per heavy atom. The molecule has 5 heteroatoms.